The number of rotatable bonds is 6. The quantitative estimate of drug-likeness (QED) is 0.853. The number of nitrogens with zero attached hydrogens (tertiary/aromatic N) is 2. The molecule has 0 aliphatic carbocycles. The smallest absolute Gasteiger partial charge is 0.185 e. The molecule has 3 nitrogen and oxygen atoms in total. The maximum absolute atomic E-state index is 5.92. The van der Waals surface area contributed by atoms with Crippen LogP contribution in [-0.2, 0) is 6.54 Å². The largest absolute Gasteiger partial charge is 0.347 e. The van der Waals surface area contributed by atoms with Gasteiger partial charge in [-0.1, -0.05) is 30.7 Å². The minimum atomic E-state index is 0.352. The van der Waals surface area contributed by atoms with E-state index in [9.17, 15) is 0 Å². The van der Waals surface area contributed by atoms with Gasteiger partial charge in [-0.3, -0.25) is 0 Å². The number of hydrogen-bond donors (Lipinski definition) is 1. The Labute approximate surface area is 136 Å². The van der Waals surface area contributed by atoms with Gasteiger partial charge in [-0.25, -0.2) is 4.98 Å². The number of aryl methyl sites for hydroxylation is 1. The Morgan fingerprint density at radius 2 is 2.00 bits per heavy atom. The lowest BCUT2D eigenvalue weighted by atomic mass is 10.2. The normalized spacial score (nSPS) is 12.4. The molecule has 0 fully saturated rings. The van der Waals surface area contributed by atoms with Crippen LogP contribution in [0.5, 0.6) is 0 Å². The van der Waals surface area contributed by atoms with E-state index >= 15 is 0 Å². The van der Waals surface area contributed by atoms with Gasteiger partial charge in [0.05, 0.1) is 5.69 Å². The standard InChI is InChI=1S/C16H22ClN3S/c1-5-18-11(2)15-12(3)19-16(21-15)20(4)10-13-6-8-14(17)9-7-13/h6-9,11,18H,5,10H2,1-4H3. The Balaban J connectivity index is 2.10. The van der Waals surface area contributed by atoms with Gasteiger partial charge < -0.3 is 10.2 Å². The predicted molar refractivity (Wildman–Crippen MR) is 92.5 cm³/mol. The van der Waals surface area contributed by atoms with Gasteiger partial charge in [0.1, 0.15) is 0 Å². The van der Waals surface area contributed by atoms with Crippen molar-refractivity contribution in [1.29, 1.82) is 0 Å². The highest BCUT2D eigenvalue weighted by Gasteiger charge is 2.15. The fourth-order valence-electron chi connectivity index (χ4n) is 2.29. The molecule has 2 aromatic rings. The molecular weight excluding hydrogens is 302 g/mol. The zero-order chi connectivity index (χ0) is 15.4. The van der Waals surface area contributed by atoms with Crippen molar-refractivity contribution in [2.24, 2.45) is 0 Å². The summed E-state index contributed by atoms with van der Waals surface area (Å²) in [5, 5.41) is 5.28. The molecule has 0 aliphatic rings. The minimum absolute atomic E-state index is 0.352. The highest BCUT2D eigenvalue weighted by molar-refractivity contribution is 7.15. The molecule has 0 amide bonds. The van der Waals surface area contributed by atoms with Crippen molar-refractivity contribution < 1.29 is 0 Å². The van der Waals surface area contributed by atoms with E-state index in [-0.39, 0.29) is 0 Å². The first kappa shape index (κ1) is 16.3. The summed E-state index contributed by atoms with van der Waals surface area (Å²) < 4.78 is 0. The summed E-state index contributed by atoms with van der Waals surface area (Å²) in [6, 6.07) is 8.32. The average molecular weight is 324 g/mol. The number of hydrogen-bond acceptors (Lipinski definition) is 4. The molecule has 1 heterocycles. The van der Waals surface area contributed by atoms with Crippen molar-refractivity contribution >= 4 is 28.1 Å². The van der Waals surface area contributed by atoms with Crippen LogP contribution in [0.15, 0.2) is 24.3 Å². The third-order valence-corrected chi connectivity index (χ3v) is 5.09. The molecule has 1 N–H and O–H groups in total. The first-order valence-electron chi connectivity index (χ1n) is 7.17. The molecule has 0 saturated carbocycles. The third-order valence-electron chi connectivity index (χ3n) is 3.38. The molecule has 5 heteroatoms. The second kappa shape index (κ2) is 7.25. The van der Waals surface area contributed by atoms with Crippen LogP contribution in [0.1, 0.15) is 36.0 Å². The minimum Gasteiger partial charge on any atom is -0.347 e. The van der Waals surface area contributed by atoms with Gasteiger partial charge in [0.25, 0.3) is 0 Å². The van der Waals surface area contributed by atoms with Gasteiger partial charge in [0, 0.05) is 29.5 Å². The van der Waals surface area contributed by atoms with Crippen molar-refractivity contribution in [2.45, 2.75) is 33.4 Å². The van der Waals surface area contributed by atoms with E-state index in [1.807, 2.05) is 12.1 Å². The van der Waals surface area contributed by atoms with E-state index in [2.05, 4.69) is 50.2 Å². The fourth-order valence-corrected chi connectivity index (χ4v) is 3.47. The highest BCUT2D eigenvalue weighted by Crippen LogP contribution is 2.30. The van der Waals surface area contributed by atoms with Crippen LogP contribution >= 0.6 is 22.9 Å². The number of halogens is 1. The van der Waals surface area contributed by atoms with Crippen LogP contribution in [0.25, 0.3) is 0 Å². The summed E-state index contributed by atoms with van der Waals surface area (Å²) in [6.07, 6.45) is 0. The summed E-state index contributed by atoms with van der Waals surface area (Å²) in [4.78, 5) is 8.20. The van der Waals surface area contributed by atoms with Crippen molar-refractivity contribution in [3.63, 3.8) is 0 Å². The molecule has 114 valence electrons. The number of nitrogens with one attached hydrogen (secondary N) is 1. The van der Waals surface area contributed by atoms with E-state index in [4.69, 9.17) is 16.6 Å². The lowest BCUT2D eigenvalue weighted by Gasteiger charge is -2.16. The Bertz CT molecular complexity index is 580. The van der Waals surface area contributed by atoms with E-state index in [0.717, 1.165) is 28.9 Å². The molecule has 1 aromatic heterocycles. The van der Waals surface area contributed by atoms with Crippen LogP contribution in [0.2, 0.25) is 5.02 Å². The van der Waals surface area contributed by atoms with Gasteiger partial charge in [0.2, 0.25) is 0 Å². The van der Waals surface area contributed by atoms with Gasteiger partial charge in [-0.15, -0.1) is 11.3 Å². The van der Waals surface area contributed by atoms with E-state index < -0.39 is 0 Å². The van der Waals surface area contributed by atoms with Crippen LogP contribution < -0.4 is 10.2 Å². The number of benzene rings is 1. The molecule has 1 unspecified atom stereocenters. The topological polar surface area (TPSA) is 28.2 Å². The molecule has 2 rings (SSSR count). The predicted octanol–water partition coefficient (Wildman–Crippen LogP) is 4.41. The molecule has 1 aromatic carbocycles. The van der Waals surface area contributed by atoms with Crippen LogP contribution in [0, 0.1) is 6.92 Å². The maximum atomic E-state index is 5.92. The van der Waals surface area contributed by atoms with Gasteiger partial charge in [0.15, 0.2) is 5.13 Å². The fraction of sp³-hybridized carbons (Fsp3) is 0.438. The Morgan fingerprint density at radius 1 is 1.33 bits per heavy atom. The van der Waals surface area contributed by atoms with E-state index in [0.29, 0.717) is 6.04 Å². The second-order valence-corrected chi connectivity index (χ2v) is 6.65. The molecule has 0 bridgehead atoms. The van der Waals surface area contributed by atoms with Crippen molar-refractivity contribution in [1.82, 2.24) is 10.3 Å². The first-order chi connectivity index (χ1) is 10.0. The highest BCUT2D eigenvalue weighted by atomic mass is 35.5. The monoisotopic (exact) mass is 323 g/mol. The average Bonchev–Trinajstić information content (AvgIpc) is 2.84. The summed E-state index contributed by atoms with van der Waals surface area (Å²) in [7, 11) is 2.08. The third kappa shape index (κ3) is 4.19. The second-order valence-electron chi connectivity index (χ2n) is 5.21. The maximum Gasteiger partial charge on any atom is 0.185 e. The molecule has 21 heavy (non-hydrogen) atoms. The Kier molecular flexibility index (Phi) is 5.62. The lowest BCUT2D eigenvalue weighted by Crippen LogP contribution is -2.17. The molecule has 0 radical (unpaired) electrons. The lowest BCUT2D eigenvalue weighted by molar-refractivity contribution is 0.603. The van der Waals surface area contributed by atoms with Crippen LogP contribution in [-0.4, -0.2) is 18.6 Å². The van der Waals surface area contributed by atoms with Crippen molar-refractivity contribution in [3.8, 4) is 0 Å². The molecule has 0 saturated heterocycles. The summed E-state index contributed by atoms with van der Waals surface area (Å²) in [6.45, 7) is 8.19. The van der Waals surface area contributed by atoms with Gasteiger partial charge in [-0.2, -0.15) is 0 Å². The molecule has 0 spiro atoms. The summed E-state index contributed by atoms with van der Waals surface area (Å²) in [5.74, 6) is 0. The van der Waals surface area contributed by atoms with Gasteiger partial charge in [-0.05, 0) is 38.1 Å². The summed E-state index contributed by atoms with van der Waals surface area (Å²) >= 11 is 7.69. The Hall–Kier alpha value is -1.10. The number of thiazole rings is 1. The SMILES string of the molecule is CCNC(C)c1sc(N(C)Cc2ccc(Cl)cc2)nc1C. The molecule has 1 atom stereocenters. The van der Waals surface area contributed by atoms with Crippen molar-refractivity contribution in [2.75, 3.05) is 18.5 Å². The Morgan fingerprint density at radius 3 is 2.62 bits per heavy atom. The summed E-state index contributed by atoms with van der Waals surface area (Å²) in [5.41, 5.74) is 2.35. The van der Waals surface area contributed by atoms with Crippen LogP contribution in [0.3, 0.4) is 0 Å². The molecule has 0 aliphatic heterocycles. The number of anilines is 1. The van der Waals surface area contributed by atoms with Crippen LogP contribution in [0.4, 0.5) is 5.13 Å². The van der Waals surface area contributed by atoms with Gasteiger partial charge >= 0.3 is 0 Å². The zero-order valence-electron chi connectivity index (χ0n) is 13.0. The van der Waals surface area contributed by atoms with E-state index in [1.54, 1.807) is 11.3 Å². The number of aromatic nitrogens is 1. The molecular formula is C16H22ClN3S. The first-order valence-corrected chi connectivity index (χ1v) is 8.37. The van der Waals surface area contributed by atoms with E-state index in [1.165, 1.54) is 10.4 Å². The van der Waals surface area contributed by atoms with Crippen molar-refractivity contribution in [3.05, 3.63) is 45.4 Å². The zero-order valence-corrected chi connectivity index (χ0v) is 14.6.